The zero-order valence-corrected chi connectivity index (χ0v) is 10.6. The van der Waals surface area contributed by atoms with Gasteiger partial charge in [0.05, 0.1) is 6.54 Å². The maximum atomic E-state index is 5.34. The monoisotopic (exact) mass is 256 g/mol. The summed E-state index contributed by atoms with van der Waals surface area (Å²) in [6.45, 7) is 2.46. The molecule has 0 unspecified atom stereocenters. The number of aliphatic imine (C=N–C) groups is 1. The molecule has 1 aromatic carbocycles. The molecule has 3 rings (SSSR count). The van der Waals surface area contributed by atoms with Gasteiger partial charge in [-0.1, -0.05) is 35.5 Å². The third kappa shape index (κ3) is 2.93. The minimum Gasteiger partial charge on any atom is -0.356 e. The summed E-state index contributed by atoms with van der Waals surface area (Å²) in [4.78, 5) is 4.35. The lowest BCUT2D eigenvalue weighted by Crippen LogP contribution is -2.40. The molecule has 0 spiro atoms. The Morgan fingerprint density at radius 1 is 1.26 bits per heavy atom. The van der Waals surface area contributed by atoms with Crippen molar-refractivity contribution in [1.82, 2.24) is 15.8 Å². The number of hydrogen-bond donors (Lipinski definition) is 2. The van der Waals surface area contributed by atoms with Crippen molar-refractivity contribution in [3.63, 3.8) is 0 Å². The first-order valence-corrected chi connectivity index (χ1v) is 6.45. The van der Waals surface area contributed by atoms with E-state index in [-0.39, 0.29) is 0 Å². The molecule has 0 bridgehead atoms. The number of nitrogens with one attached hydrogen (secondary N) is 2. The second kappa shape index (κ2) is 5.56. The van der Waals surface area contributed by atoms with Gasteiger partial charge >= 0.3 is 0 Å². The average Bonchev–Trinajstić information content (AvgIpc) is 2.96. The van der Waals surface area contributed by atoms with Gasteiger partial charge in [0.1, 0.15) is 5.69 Å². The first kappa shape index (κ1) is 11.8. The van der Waals surface area contributed by atoms with Gasteiger partial charge in [-0.05, 0) is 6.42 Å². The Hall–Kier alpha value is -2.30. The Morgan fingerprint density at radius 2 is 2.16 bits per heavy atom. The molecule has 0 saturated carbocycles. The molecule has 0 saturated heterocycles. The molecular formula is C14H16N4O. The van der Waals surface area contributed by atoms with Gasteiger partial charge in [-0.3, -0.25) is 4.99 Å². The fourth-order valence-corrected chi connectivity index (χ4v) is 1.96. The van der Waals surface area contributed by atoms with E-state index >= 15 is 0 Å². The number of rotatable bonds is 3. The molecule has 0 aliphatic carbocycles. The SMILES string of the molecule is c1ccc(-c2cc(CNC3=NCCCN3)no2)cc1. The van der Waals surface area contributed by atoms with Crippen LogP contribution in [0.3, 0.4) is 0 Å². The number of guanidine groups is 1. The van der Waals surface area contributed by atoms with Crippen molar-refractivity contribution in [2.24, 2.45) is 4.99 Å². The Bertz CT molecular complexity index is 562. The smallest absolute Gasteiger partial charge is 0.191 e. The van der Waals surface area contributed by atoms with Crippen molar-refractivity contribution in [2.45, 2.75) is 13.0 Å². The maximum Gasteiger partial charge on any atom is 0.191 e. The topological polar surface area (TPSA) is 62.5 Å². The van der Waals surface area contributed by atoms with Gasteiger partial charge in [0, 0.05) is 24.7 Å². The zero-order chi connectivity index (χ0) is 12.9. The predicted molar refractivity (Wildman–Crippen MR) is 73.7 cm³/mol. The van der Waals surface area contributed by atoms with E-state index in [0.29, 0.717) is 6.54 Å². The average molecular weight is 256 g/mol. The third-order valence-electron chi connectivity index (χ3n) is 2.95. The van der Waals surface area contributed by atoms with Gasteiger partial charge in [-0.15, -0.1) is 0 Å². The molecule has 98 valence electrons. The highest BCUT2D eigenvalue weighted by Crippen LogP contribution is 2.19. The molecule has 19 heavy (non-hydrogen) atoms. The first-order valence-electron chi connectivity index (χ1n) is 6.45. The van der Waals surface area contributed by atoms with Crippen molar-refractivity contribution < 1.29 is 4.52 Å². The van der Waals surface area contributed by atoms with E-state index in [1.165, 1.54) is 0 Å². The Kier molecular flexibility index (Phi) is 3.45. The fourth-order valence-electron chi connectivity index (χ4n) is 1.96. The molecule has 0 atom stereocenters. The van der Waals surface area contributed by atoms with Crippen LogP contribution in [-0.4, -0.2) is 24.2 Å². The van der Waals surface area contributed by atoms with Crippen molar-refractivity contribution in [1.29, 1.82) is 0 Å². The lowest BCUT2D eigenvalue weighted by atomic mass is 10.2. The summed E-state index contributed by atoms with van der Waals surface area (Å²) in [5, 5.41) is 10.5. The van der Waals surface area contributed by atoms with Crippen LogP contribution in [0.4, 0.5) is 0 Å². The molecule has 0 amide bonds. The largest absolute Gasteiger partial charge is 0.356 e. The minimum atomic E-state index is 0.613. The summed E-state index contributed by atoms with van der Waals surface area (Å²) in [5.74, 6) is 1.63. The standard InChI is InChI=1S/C14H16N4O/c1-2-5-11(6-3-1)13-9-12(18-19-13)10-17-14-15-7-4-8-16-14/h1-3,5-6,9H,4,7-8,10H2,(H2,15,16,17). The van der Waals surface area contributed by atoms with Crippen LogP contribution in [0.1, 0.15) is 12.1 Å². The molecular weight excluding hydrogens is 240 g/mol. The van der Waals surface area contributed by atoms with Gasteiger partial charge in [0.25, 0.3) is 0 Å². The van der Waals surface area contributed by atoms with E-state index in [1.54, 1.807) is 0 Å². The van der Waals surface area contributed by atoms with Crippen LogP contribution in [0.2, 0.25) is 0 Å². The Balaban J connectivity index is 1.64. The fraction of sp³-hybridized carbons (Fsp3) is 0.286. The maximum absolute atomic E-state index is 5.34. The van der Waals surface area contributed by atoms with Gasteiger partial charge in [0.15, 0.2) is 11.7 Å². The molecule has 1 aliphatic heterocycles. The van der Waals surface area contributed by atoms with E-state index in [1.807, 2.05) is 36.4 Å². The van der Waals surface area contributed by atoms with E-state index in [9.17, 15) is 0 Å². The quantitative estimate of drug-likeness (QED) is 0.878. The number of benzene rings is 1. The highest BCUT2D eigenvalue weighted by Gasteiger charge is 2.08. The minimum absolute atomic E-state index is 0.613. The second-order valence-electron chi connectivity index (χ2n) is 4.41. The molecule has 1 aliphatic rings. The summed E-state index contributed by atoms with van der Waals surface area (Å²) in [5.41, 5.74) is 1.91. The molecule has 2 heterocycles. The molecule has 2 N–H and O–H groups in total. The summed E-state index contributed by atoms with van der Waals surface area (Å²) in [6.07, 6.45) is 1.09. The van der Waals surface area contributed by atoms with Crippen LogP contribution in [0.15, 0.2) is 45.9 Å². The summed E-state index contributed by atoms with van der Waals surface area (Å²) >= 11 is 0. The van der Waals surface area contributed by atoms with Gasteiger partial charge in [-0.25, -0.2) is 0 Å². The van der Waals surface area contributed by atoms with Crippen molar-refractivity contribution in [2.75, 3.05) is 13.1 Å². The zero-order valence-electron chi connectivity index (χ0n) is 10.6. The van der Waals surface area contributed by atoms with E-state index < -0.39 is 0 Å². The van der Waals surface area contributed by atoms with E-state index in [0.717, 1.165) is 42.5 Å². The van der Waals surface area contributed by atoms with E-state index in [4.69, 9.17) is 4.52 Å². The number of hydrogen-bond acceptors (Lipinski definition) is 5. The van der Waals surface area contributed by atoms with E-state index in [2.05, 4.69) is 20.8 Å². The van der Waals surface area contributed by atoms with Crippen LogP contribution in [-0.2, 0) is 6.54 Å². The first-order chi connectivity index (χ1) is 9.42. The molecule has 2 aromatic rings. The highest BCUT2D eigenvalue weighted by atomic mass is 16.5. The molecule has 1 aromatic heterocycles. The Morgan fingerprint density at radius 3 is 2.95 bits per heavy atom. The summed E-state index contributed by atoms with van der Waals surface area (Å²) in [7, 11) is 0. The van der Waals surface area contributed by atoms with Crippen LogP contribution in [0, 0.1) is 0 Å². The second-order valence-corrected chi connectivity index (χ2v) is 4.41. The number of aromatic nitrogens is 1. The normalized spacial score (nSPS) is 14.6. The summed E-state index contributed by atoms with van der Waals surface area (Å²) < 4.78 is 5.34. The van der Waals surface area contributed by atoms with Crippen LogP contribution in [0.5, 0.6) is 0 Å². The lowest BCUT2D eigenvalue weighted by molar-refractivity contribution is 0.422. The van der Waals surface area contributed by atoms with Gasteiger partial charge in [0.2, 0.25) is 0 Å². The van der Waals surface area contributed by atoms with Crippen molar-refractivity contribution in [3.8, 4) is 11.3 Å². The van der Waals surface area contributed by atoms with Crippen LogP contribution in [0.25, 0.3) is 11.3 Å². The van der Waals surface area contributed by atoms with Crippen molar-refractivity contribution in [3.05, 3.63) is 42.1 Å². The Labute approximate surface area is 111 Å². The summed E-state index contributed by atoms with van der Waals surface area (Å²) in [6, 6.07) is 11.9. The molecule has 5 heteroatoms. The van der Waals surface area contributed by atoms with Gasteiger partial charge < -0.3 is 15.2 Å². The lowest BCUT2D eigenvalue weighted by Gasteiger charge is -2.14. The van der Waals surface area contributed by atoms with Gasteiger partial charge in [-0.2, -0.15) is 0 Å². The third-order valence-corrected chi connectivity index (χ3v) is 2.95. The number of nitrogens with zero attached hydrogens (tertiary/aromatic N) is 2. The van der Waals surface area contributed by atoms with Crippen molar-refractivity contribution >= 4 is 5.96 Å². The molecule has 0 radical (unpaired) electrons. The highest BCUT2D eigenvalue weighted by molar-refractivity contribution is 5.80. The predicted octanol–water partition coefficient (Wildman–Crippen LogP) is 1.78. The molecule has 5 nitrogen and oxygen atoms in total. The van der Waals surface area contributed by atoms with Crippen LogP contribution < -0.4 is 10.6 Å². The molecule has 0 fully saturated rings. The van der Waals surface area contributed by atoms with Crippen LogP contribution >= 0.6 is 0 Å².